The molecule has 2 aromatic carbocycles. The SMILES string of the molecule is O=C(O)C1C(=O)Nc2ccccc2N1C(=O)OCc1ccccc1. The van der Waals surface area contributed by atoms with E-state index >= 15 is 0 Å². The maximum Gasteiger partial charge on any atom is 0.415 e. The maximum absolute atomic E-state index is 12.5. The van der Waals surface area contributed by atoms with Gasteiger partial charge in [-0.3, -0.25) is 9.69 Å². The van der Waals surface area contributed by atoms with Crippen LogP contribution in [0.4, 0.5) is 16.2 Å². The van der Waals surface area contributed by atoms with Crippen molar-refractivity contribution in [3.63, 3.8) is 0 Å². The summed E-state index contributed by atoms with van der Waals surface area (Å²) in [6.07, 6.45) is -0.895. The van der Waals surface area contributed by atoms with Gasteiger partial charge in [0.05, 0.1) is 11.4 Å². The number of ether oxygens (including phenoxy) is 1. The number of benzene rings is 2. The summed E-state index contributed by atoms with van der Waals surface area (Å²) in [6, 6.07) is 13.8. The normalized spacial score (nSPS) is 16.1. The molecule has 2 amide bonds. The van der Waals surface area contributed by atoms with Gasteiger partial charge in [-0.2, -0.15) is 0 Å². The third kappa shape index (κ3) is 2.91. The molecule has 1 aliphatic rings. The molecule has 0 spiro atoms. The monoisotopic (exact) mass is 326 g/mol. The molecule has 3 rings (SSSR count). The van der Waals surface area contributed by atoms with Crippen LogP contribution in [-0.2, 0) is 20.9 Å². The van der Waals surface area contributed by atoms with E-state index < -0.39 is 24.0 Å². The van der Waals surface area contributed by atoms with Gasteiger partial charge in [0, 0.05) is 0 Å². The second-order valence-electron chi connectivity index (χ2n) is 5.16. The van der Waals surface area contributed by atoms with Crippen molar-refractivity contribution < 1.29 is 24.2 Å². The molecule has 0 aliphatic carbocycles. The molecule has 0 aromatic heterocycles. The summed E-state index contributed by atoms with van der Waals surface area (Å²) >= 11 is 0. The van der Waals surface area contributed by atoms with Crippen molar-refractivity contribution in [2.75, 3.05) is 10.2 Å². The number of fused-ring (bicyclic) bond motifs is 1. The van der Waals surface area contributed by atoms with Crippen molar-refractivity contribution in [1.29, 1.82) is 0 Å². The van der Waals surface area contributed by atoms with Crippen molar-refractivity contribution in [2.24, 2.45) is 0 Å². The van der Waals surface area contributed by atoms with Crippen LogP contribution in [0.2, 0.25) is 0 Å². The van der Waals surface area contributed by atoms with E-state index in [1.54, 1.807) is 48.5 Å². The summed E-state index contributed by atoms with van der Waals surface area (Å²) in [6.45, 7) is -0.0215. The fourth-order valence-corrected chi connectivity index (χ4v) is 2.46. The minimum Gasteiger partial charge on any atom is -0.479 e. The van der Waals surface area contributed by atoms with Crippen molar-refractivity contribution in [1.82, 2.24) is 0 Å². The highest BCUT2D eigenvalue weighted by Gasteiger charge is 2.42. The Bertz CT molecular complexity index is 791. The molecule has 1 atom stereocenters. The topological polar surface area (TPSA) is 95.9 Å². The molecule has 24 heavy (non-hydrogen) atoms. The standard InChI is InChI=1S/C17H14N2O5/c20-15-14(16(21)22)19(13-9-5-4-8-12(13)18-15)17(23)24-10-11-6-2-1-3-7-11/h1-9,14H,10H2,(H,18,20)(H,21,22). The zero-order chi connectivity index (χ0) is 17.1. The fraction of sp³-hybridized carbons (Fsp3) is 0.118. The smallest absolute Gasteiger partial charge is 0.415 e. The Labute approximate surface area is 137 Å². The zero-order valence-corrected chi connectivity index (χ0v) is 12.5. The summed E-state index contributed by atoms with van der Waals surface area (Å²) in [5.41, 5.74) is 1.40. The summed E-state index contributed by atoms with van der Waals surface area (Å²) < 4.78 is 5.20. The highest BCUT2D eigenvalue weighted by molar-refractivity contribution is 6.19. The number of aliphatic carboxylic acids is 1. The van der Waals surface area contributed by atoms with Crippen LogP contribution in [0.25, 0.3) is 0 Å². The Balaban J connectivity index is 1.88. The Hall–Kier alpha value is -3.35. The average molecular weight is 326 g/mol. The quantitative estimate of drug-likeness (QED) is 0.843. The molecule has 7 heteroatoms. The Morgan fingerprint density at radius 1 is 1.08 bits per heavy atom. The van der Waals surface area contributed by atoms with Gasteiger partial charge < -0.3 is 15.2 Å². The minimum absolute atomic E-state index is 0.0215. The average Bonchev–Trinajstić information content (AvgIpc) is 2.59. The number of carboxylic acid groups (broad SMARTS) is 1. The van der Waals surface area contributed by atoms with Gasteiger partial charge in [-0.25, -0.2) is 9.59 Å². The number of carboxylic acids is 1. The Morgan fingerprint density at radius 2 is 1.75 bits per heavy atom. The van der Waals surface area contributed by atoms with Crippen molar-refractivity contribution in [3.8, 4) is 0 Å². The third-order valence-corrected chi connectivity index (χ3v) is 3.56. The van der Waals surface area contributed by atoms with Crippen LogP contribution in [0.15, 0.2) is 54.6 Å². The van der Waals surface area contributed by atoms with Crippen molar-refractivity contribution in [2.45, 2.75) is 12.6 Å². The van der Waals surface area contributed by atoms with Gasteiger partial charge in [-0.05, 0) is 17.7 Å². The number of anilines is 2. The Morgan fingerprint density at radius 3 is 2.46 bits per heavy atom. The molecule has 1 unspecified atom stereocenters. The molecule has 0 radical (unpaired) electrons. The molecule has 2 N–H and O–H groups in total. The first-order valence-electron chi connectivity index (χ1n) is 7.20. The molecule has 1 heterocycles. The van der Waals surface area contributed by atoms with Crippen molar-refractivity contribution >= 4 is 29.3 Å². The number of carbonyl (C=O) groups excluding carboxylic acids is 2. The number of rotatable bonds is 3. The van der Waals surface area contributed by atoms with Gasteiger partial charge in [-0.15, -0.1) is 0 Å². The summed E-state index contributed by atoms with van der Waals surface area (Å²) in [5, 5.41) is 11.8. The first-order valence-corrected chi connectivity index (χ1v) is 7.20. The van der Waals surface area contributed by atoms with Crippen LogP contribution in [0.1, 0.15) is 5.56 Å². The van der Waals surface area contributed by atoms with Crippen LogP contribution in [0.3, 0.4) is 0 Å². The molecule has 2 aromatic rings. The van der Waals surface area contributed by atoms with Crippen molar-refractivity contribution in [3.05, 3.63) is 60.2 Å². The molecule has 122 valence electrons. The fourth-order valence-electron chi connectivity index (χ4n) is 2.46. The number of amides is 2. The molecule has 7 nitrogen and oxygen atoms in total. The zero-order valence-electron chi connectivity index (χ0n) is 12.5. The van der Waals surface area contributed by atoms with Gasteiger partial charge in [0.2, 0.25) is 6.04 Å². The first-order chi connectivity index (χ1) is 11.6. The summed E-state index contributed by atoms with van der Waals surface area (Å²) in [5.74, 6) is -2.23. The lowest BCUT2D eigenvalue weighted by Gasteiger charge is -2.33. The van der Waals surface area contributed by atoms with Crippen LogP contribution < -0.4 is 10.2 Å². The van der Waals surface area contributed by atoms with E-state index in [2.05, 4.69) is 5.32 Å². The van der Waals surface area contributed by atoms with Gasteiger partial charge in [0.1, 0.15) is 6.61 Å². The van der Waals surface area contributed by atoms with E-state index in [0.717, 1.165) is 10.5 Å². The summed E-state index contributed by atoms with van der Waals surface area (Å²) in [4.78, 5) is 36.8. The lowest BCUT2D eigenvalue weighted by Crippen LogP contribution is -2.55. The molecular formula is C17H14N2O5. The predicted octanol–water partition coefficient (Wildman–Crippen LogP) is 2.24. The van der Waals surface area contributed by atoms with Crippen LogP contribution in [0, 0.1) is 0 Å². The number of nitrogens with zero attached hydrogens (tertiary/aromatic N) is 1. The lowest BCUT2D eigenvalue weighted by atomic mass is 10.1. The third-order valence-electron chi connectivity index (χ3n) is 3.56. The molecule has 0 saturated carbocycles. The lowest BCUT2D eigenvalue weighted by molar-refractivity contribution is -0.141. The van der Waals surface area contributed by atoms with Crippen LogP contribution in [0.5, 0.6) is 0 Å². The number of hydrogen-bond acceptors (Lipinski definition) is 4. The number of para-hydroxylation sites is 2. The second kappa shape index (κ2) is 6.41. The molecule has 0 saturated heterocycles. The van der Waals surface area contributed by atoms with E-state index in [-0.39, 0.29) is 12.3 Å². The van der Waals surface area contributed by atoms with Gasteiger partial charge >= 0.3 is 12.1 Å². The van der Waals surface area contributed by atoms with E-state index in [1.165, 1.54) is 0 Å². The number of nitrogens with one attached hydrogen (secondary N) is 1. The van der Waals surface area contributed by atoms with Gasteiger partial charge in [0.25, 0.3) is 5.91 Å². The predicted molar refractivity (Wildman–Crippen MR) is 85.6 cm³/mol. The molecule has 0 bridgehead atoms. The first kappa shape index (κ1) is 15.5. The Kier molecular flexibility index (Phi) is 4.15. The molecular weight excluding hydrogens is 312 g/mol. The highest BCUT2D eigenvalue weighted by Crippen LogP contribution is 2.32. The summed E-state index contributed by atoms with van der Waals surface area (Å²) in [7, 11) is 0. The van der Waals surface area contributed by atoms with E-state index in [4.69, 9.17) is 4.74 Å². The van der Waals surface area contributed by atoms with Gasteiger partial charge in [0.15, 0.2) is 0 Å². The number of carbonyl (C=O) groups is 3. The van der Waals surface area contributed by atoms with Gasteiger partial charge in [-0.1, -0.05) is 42.5 Å². The van der Waals surface area contributed by atoms with E-state index in [0.29, 0.717) is 5.69 Å². The maximum atomic E-state index is 12.5. The van der Waals surface area contributed by atoms with E-state index in [9.17, 15) is 19.5 Å². The number of hydrogen-bond donors (Lipinski definition) is 2. The second-order valence-corrected chi connectivity index (χ2v) is 5.16. The van der Waals surface area contributed by atoms with Crippen LogP contribution in [-0.4, -0.2) is 29.1 Å². The molecule has 0 fully saturated rings. The molecule has 1 aliphatic heterocycles. The largest absolute Gasteiger partial charge is 0.479 e. The minimum atomic E-state index is -1.68. The highest BCUT2D eigenvalue weighted by atomic mass is 16.6. The van der Waals surface area contributed by atoms with Crippen LogP contribution >= 0.6 is 0 Å². The van der Waals surface area contributed by atoms with E-state index in [1.807, 2.05) is 6.07 Å².